The van der Waals surface area contributed by atoms with Crippen molar-refractivity contribution in [2.24, 2.45) is 17.6 Å². The van der Waals surface area contributed by atoms with E-state index in [2.05, 4.69) is 26.1 Å². The number of hydrogen-bond acceptors (Lipinski definition) is 2. The van der Waals surface area contributed by atoms with Crippen molar-refractivity contribution in [1.82, 2.24) is 5.32 Å². The molecule has 0 aliphatic rings. The number of amides is 1. The second-order valence-electron chi connectivity index (χ2n) is 5.22. The first kappa shape index (κ1) is 14.7. The van der Waals surface area contributed by atoms with Gasteiger partial charge in [-0.2, -0.15) is 0 Å². The fourth-order valence-electron chi connectivity index (χ4n) is 1.55. The molecule has 3 heteroatoms. The van der Waals surface area contributed by atoms with E-state index in [4.69, 9.17) is 5.73 Å². The lowest BCUT2D eigenvalue weighted by Gasteiger charge is -2.16. The molecule has 0 saturated heterocycles. The highest BCUT2D eigenvalue weighted by atomic mass is 16.1. The number of nitrogens with two attached hydrogens (primary N) is 1. The third-order valence-corrected chi connectivity index (χ3v) is 3.38. The summed E-state index contributed by atoms with van der Waals surface area (Å²) in [5, 5.41) is 2.98. The number of carbonyl (C=O) groups is 1. The average molecular weight is 248 g/mol. The van der Waals surface area contributed by atoms with Gasteiger partial charge in [-0.3, -0.25) is 4.79 Å². The van der Waals surface area contributed by atoms with Crippen LogP contribution in [0, 0.1) is 11.8 Å². The van der Waals surface area contributed by atoms with Crippen LogP contribution in [0.5, 0.6) is 0 Å². The highest BCUT2D eigenvalue weighted by Crippen LogP contribution is 2.08. The SMILES string of the molecule is CC(C)C(C)CNC(=O)Cc1ccc(CN)cc1. The predicted octanol–water partition coefficient (Wildman–Crippen LogP) is 2.10. The highest BCUT2D eigenvalue weighted by Gasteiger charge is 2.09. The van der Waals surface area contributed by atoms with Crippen molar-refractivity contribution in [3.8, 4) is 0 Å². The molecule has 3 nitrogen and oxygen atoms in total. The summed E-state index contributed by atoms with van der Waals surface area (Å²) in [4.78, 5) is 11.8. The van der Waals surface area contributed by atoms with Crippen LogP contribution in [-0.4, -0.2) is 12.5 Å². The summed E-state index contributed by atoms with van der Waals surface area (Å²) in [5.41, 5.74) is 7.65. The Balaban J connectivity index is 2.39. The van der Waals surface area contributed by atoms with Crippen LogP contribution in [0.4, 0.5) is 0 Å². The Morgan fingerprint density at radius 2 is 1.72 bits per heavy atom. The summed E-state index contributed by atoms with van der Waals surface area (Å²) in [7, 11) is 0. The molecule has 1 rings (SSSR count). The highest BCUT2D eigenvalue weighted by molar-refractivity contribution is 5.78. The molecule has 0 bridgehead atoms. The molecule has 1 amide bonds. The Bertz CT molecular complexity index is 371. The Morgan fingerprint density at radius 3 is 2.22 bits per heavy atom. The first-order valence-electron chi connectivity index (χ1n) is 6.57. The van der Waals surface area contributed by atoms with Gasteiger partial charge >= 0.3 is 0 Å². The Hall–Kier alpha value is -1.35. The van der Waals surface area contributed by atoms with E-state index < -0.39 is 0 Å². The van der Waals surface area contributed by atoms with Gasteiger partial charge in [-0.1, -0.05) is 45.0 Å². The van der Waals surface area contributed by atoms with Gasteiger partial charge in [0, 0.05) is 13.1 Å². The van der Waals surface area contributed by atoms with Crippen LogP contribution in [0.2, 0.25) is 0 Å². The lowest BCUT2D eigenvalue weighted by Crippen LogP contribution is -2.31. The Labute approximate surface area is 110 Å². The zero-order chi connectivity index (χ0) is 13.5. The van der Waals surface area contributed by atoms with Crippen LogP contribution >= 0.6 is 0 Å². The zero-order valence-electron chi connectivity index (χ0n) is 11.6. The monoisotopic (exact) mass is 248 g/mol. The van der Waals surface area contributed by atoms with E-state index >= 15 is 0 Å². The van der Waals surface area contributed by atoms with Gasteiger partial charge in [0.15, 0.2) is 0 Å². The second kappa shape index (κ2) is 7.17. The van der Waals surface area contributed by atoms with Crippen LogP contribution in [0.15, 0.2) is 24.3 Å². The third-order valence-electron chi connectivity index (χ3n) is 3.38. The Morgan fingerprint density at radius 1 is 1.17 bits per heavy atom. The zero-order valence-corrected chi connectivity index (χ0v) is 11.6. The summed E-state index contributed by atoms with van der Waals surface area (Å²) in [6.07, 6.45) is 0.440. The van der Waals surface area contributed by atoms with E-state index in [1.165, 1.54) is 0 Å². The van der Waals surface area contributed by atoms with Crippen molar-refractivity contribution in [2.75, 3.05) is 6.54 Å². The van der Waals surface area contributed by atoms with E-state index in [1.807, 2.05) is 24.3 Å². The van der Waals surface area contributed by atoms with Crippen molar-refractivity contribution < 1.29 is 4.79 Å². The molecule has 0 aromatic heterocycles. The molecule has 100 valence electrons. The number of carbonyl (C=O) groups excluding carboxylic acids is 1. The van der Waals surface area contributed by atoms with Gasteiger partial charge in [-0.25, -0.2) is 0 Å². The molecule has 0 heterocycles. The summed E-state index contributed by atoms with van der Waals surface area (Å²) in [6.45, 7) is 7.78. The van der Waals surface area contributed by atoms with Gasteiger partial charge in [0.1, 0.15) is 0 Å². The van der Waals surface area contributed by atoms with Crippen molar-refractivity contribution in [2.45, 2.75) is 33.7 Å². The molecule has 1 unspecified atom stereocenters. The minimum absolute atomic E-state index is 0.0861. The van der Waals surface area contributed by atoms with Crippen LogP contribution in [0.3, 0.4) is 0 Å². The molecule has 0 saturated carbocycles. The smallest absolute Gasteiger partial charge is 0.224 e. The number of hydrogen-bond donors (Lipinski definition) is 2. The normalized spacial score (nSPS) is 12.5. The van der Waals surface area contributed by atoms with Gasteiger partial charge in [-0.15, -0.1) is 0 Å². The van der Waals surface area contributed by atoms with Crippen LogP contribution in [-0.2, 0) is 17.8 Å². The van der Waals surface area contributed by atoms with E-state index in [-0.39, 0.29) is 5.91 Å². The number of rotatable bonds is 6. The molecule has 18 heavy (non-hydrogen) atoms. The maximum atomic E-state index is 11.8. The molecule has 0 spiro atoms. The molecule has 0 aliphatic carbocycles. The summed E-state index contributed by atoms with van der Waals surface area (Å²) < 4.78 is 0. The van der Waals surface area contributed by atoms with Gasteiger partial charge in [0.2, 0.25) is 5.91 Å². The quantitative estimate of drug-likeness (QED) is 0.810. The molecule has 1 aromatic carbocycles. The van der Waals surface area contributed by atoms with Crippen LogP contribution in [0.1, 0.15) is 31.9 Å². The summed E-state index contributed by atoms with van der Waals surface area (Å²) in [6, 6.07) is 7.88. The number of benzene rings is 1. The van der Waals surface area contributed by atoms with E-state index in [1.54, 1.807) is 0 Å². The maximum Gasteiger partial charge on any atom is 0.224 e. The molecule has 1 aromatic rings. The molecule has 3 N–H and O–H groups in total. The van der Waals surface area contributed by atoms with Crippen LogP contribution in [0.25, 0.3) is 0 Å². The van der Waals surface area contributed by atoms with Crippen molar-refractivity contribution in [1.29, 1.82) is 0 Å². The van der Waals surface area contributed by atoms with E-state index in [9.17, 15) is 4.79 Å². The van der Waals surface area contributed by atoms with Crippen molar-refractivity contribution in [3.63, 3.8) is 0 Å². The fourth-order valence-corrected chi connectivity index (χ4v) is 1.55. The average Bonchev–Trinajstić information content (AvgIpc) is 2.36. The summed E-state index contributed by atoms with van der Waals surface area (Å²) in [5.74, 6) is 1.19. The first-order chi connectivity index (χ1) is 8.52. The van der Waals surface area contributed by atoms with Gasteiger partial charge in [0.25, 0.3) is 0 Å². The third kappa shape index (κ3) is 4.88. The molecule has 0 radical (unpaired) electrons. The molecular weight excluding hydrogens is 224 g/mol. The predicted molar refractivity (Wildman–Crippen MR) is 75.0 cm³/mol. The lowest BCUT2D eigenvalue weighted by molar-refractivity contribution is -0.120. The van der Waals surface area contributed by atoms with E-state index in [0.717, 1.165) is 17.7 Å². The molecule has 0 fully saturated rings. The molecule has 1 atom stereocenters. The largest absolute Gasteiger partial charge is 0.356 e. The minimum atomic E-state index is 0.0861. The van der Waals surface area contributed by atoms with Gasteiger partial charge < -0.3 is 11.1 Å². The summed E-state index contributed by atoms with van der Waals surface area (Å²) >= 11 is 0. The van der Waals surface area contributed by atoms with Gasteiger partial charge in [0.05, 0.1) is 6.42 Å². The first-order valence-corrected chi connectivity index (χ1v) is 6.57. The lowest BCUT2D eigenvalue weighted by atomic mass is 9.98. The fraction of sp³-hybridized carbons (Fsp3) is 0.533. The maximum absolute atomic E-state index is 11.8. The van der Waals surface area contributed by atoms with Crippen LogP contribution < -0.4 is 11.1 Å². The standard InChI is InChI=1S/C15H24N2O/c1-11(2)12(3)10-17-15(18)8-13-4-6-14(9-16)7-5-13/h4-7,11-12H,8-10,16H2,1-3H3,(H,17,18). The minimum Gasteiger partial charge on any atom is -0.356 e. The van der Waals surface area contributed by atoms with Crippen molar-refractivity contribution in [3.05, 3.63) is 35.4 Å². The number of nitrogens with one attached hydrogen (secondary N) is 1. The van der Waals surface area contributed by atoms with Crippen molar-refractivity contribution >= 4 is 5.91 Å². The molecule has 0 aliphatic heterocycles. The Kier molecular flexibility index (Phi) is 5.86. The molecular formula is C15H24N2O. The van der Waals surface area contributed by atoms with E-state index in [0.29, 0.717) is 24.8 Å². The van der Waals surface area contributed by atoms with Gasteiger partial charge in [-0.05, 0) is 23.0 Å². The topological polar surface area (TPSA) is 55.1 Å². The second-order valence-corrected chi connectivity index (χ2v) is 5.22.